The number of esters is 1. The lowest BCUT2D eigenvalue weighted by Crippen LogP contribution is -2.45. The second kappa shape index (κ2) is 6.25. The first-order valence-corrected chi connectivity index (χ1v) is 8.38. The number of fused-ring (bicyclic) bond motifs is 2. The molecule has 0 radical (unpaired) electrons. The zero-order valence-electron chi connectivity index (χ0n) is 14.2. The Morgan fingerprint density at radius 2 is 2.05 bits per heavy atom. The van der Waals surface area contributed by atoms with Gasteiger partial charge >= 0.3 is 5.97 Å². The van der Waals surface area contributed by atoms with Crippen LogP contribution in [0.4, 0.5) is 0 Å². The summed E-state index contributed by atoms with van der Waals surface area (Å²) in [6.07, 6.45) is 3.95. The highest BCUT2D eigenvalue weighted by atomic mass is 16.5. The van der Waals surface area contributed by atoms with Crippen molar-refractivity contribution in [1.29, 1.82) is 0 Å². The van der Waals surface area contributed by atoms with E-state index >= 15 is 0 Å². The largest absolute Gasteiger partial charge is 0.465 e. The Morgan fingerprint density at radius 3 is 2.52 bits per heavy atom. The Kier molecular flexibility index (Phi) is 4.99. The lowest BCUT2D eigenvalue weighted by Gasteiger charge is -2.39. The predicted molar refractivity (Wildman–Crippen MR) is 83.1 cm³/mol. The van der Waals surface area contributed by atoms with Crippen LogP contribution in [0.2, 0.25) is 0 Å². The number of hydrogen-bond acceptors (Lipinski definition) is 4. The number of rotatable bonds is 7. The summed E-state index contributed by atoms with van der Waals surface area (Å²) in [7, 11) is 0. The van der Waals surface area contributed by atoms with Gasteiger partial charge < -0.3 is 14.8 Å². The summed E-state index contributed by atoms with van der Waals surface area (Å²) in [5.74, 6) is 0.555. The lowest BCUT2D eigenvalue weighted by molar-refractivity contribution is -0.149. The Morgan fingerprint density at radius 1 is 1.33 bits per heavy atom. The first-order valence-electron chi connectivity index (χ1n) is 8.38. The van der Waals surface area contributed by atoms with Gasteiger partial charge in [-0.15, -0.1) is 0 Å². The Hall–Kier alpha value is -0.610. The van der Waals surface area contributed by atoms with Gasteiger partial charge in [-0.25, -0.2) is 0 Å². The maximum absolute atomic E-state index is 11.9. The van der Waals surface area contributed by atoms with Gasteiger partial charge in [-0.05, 0) is 49.5 Å². The van der Waals surface area contributed by atoms with Crippen LogP contribution in [-0.4, -0.2) is 37.9 Å². The molecule has 4 nitrogen and oxygen atoms in total. The average Bonchev–Trinajstić information content (AvgIpc) is 2.76. The van der Waals surface area contributed by atoms with E-state index in [1.807, 2.05) is 13.8 Å². The molecule has 0 spiro atoms. The van der Waals surface area contributed by atoms with E-state index in [9.17, 15) is 4.79 Å². The van der Waals surface area contributed by atoms with Crippen molar-refractivity contribution in [2.24, 2.45) is 16.7 Å². The fourth-order valence-electron chi connectivity index (χ4n) is 4.29. The second-order valence-electron chi connectivity index (χ2n) is 7.29. The Labute approximate surface area is 129 Å². The summed E-state index contributed by atoms with van der Waals surface area (Å²) >= 11 is 0. The molecule has 122 valence electrons. The summed E-state index contributed by atoms with van der Waals surface area (Å²) in [6, 6.07) is -0.346. The number of hydrogen-bond donors (Lipinski definition) is 1. The van der Waals surface area contributed by atoms with Gasteiger partial charge in [-0.2, -0.15) is 0 Å². The van der Waals surface area contributed by atoms with Crippen LogP contribution in [0.3, 0.4) is 0 Å². The third-order valence-electron chi connectivity index (χ3n) is 6.20. The molecule has 21 heavy (non-hydrogen) atoms. The van der Waals surface area contributed by atoms with Crippen molar-refractivity contribution in [2.45, 2.75) is 66.0 Å². The van der Waals surface area contributed by atoms with Crippen LogP contribution < -0.4 is 5.32 Å². The third kappa shape index (κ3) is 2.85. The average molecular weight is 297 g/mol. The van der Waals surface area contributed by atoms with Gasteiger partial charge in [0.1, 0.15) is 6.04 Å². The summed E-state index contributed by atoms with van der Waals surface area (Å²) in [5.41, 5.74) is 0.582. The summed E-state index contributed by atoms with van der Waals surface area (Å²) in [5, 5.41) is 3.17. The molecule has 1 N–H and O–H groups in total. The van der Waals surface area contributed by atoms with Crippen molar-refractivity contribution in [3.05, 3.63) is 0 Å². The smallest absolute Gasteiger partial charge is 0.325 e. The molecule has 2 aliphatic rings. The number of nitrogens with one attached hydrogen (secondary N) is 1. The molecule has 4 atom stereocenters. The van der Waals surface area contributed by atoms with Gasteiger partial charge in [-0.1, -0.05) is 27.7 Å². The van der Waals surface area contributed by atoms with Crippen molar-refractivity contribution < 1.29 is 14.3 Å². The van der Waals surface area contributed by atoms with E-state index in [0.29, 0.717) is 18.6 Å². The van der Waals surface area contributed by atoms with Crippen LogP contribution >= 0.6 is 0 Å². The minimum atomic E-state index is -0.346. The van der Waals surface area contributed by atoms with Gasteiger partial charge in [0, 0.05) is 0 Å². The zero-order chi connectivity index (χ0) is 15.7. The molecule has 0 heterocycles. The van der Waals surface area contributed by atoms with Gasteiger partial charge in [0.25, 0.3) is 0 Å². The SMILES string of the molecule is CCNC(COC1CC2CCC1(C)C2(C)C)C(=O)OCC. The molecule has 0 aliphatic heterocycles. The van der Waals surface area contributed by atoms with Crippen LogP contribution in [0.15, 0.2) is 0 Å². The normalized spacial score (nSPS) is 34.9. The van der Waals surface area contributed by atoms with Crippen molar-refractivity contribution >= 4 is 5.97 Å². The third-order valence-corrected chi connectivity index (χ3v) is 6.20. The molecular formula is C17H31NO3. The fourth-order valence-corrected chi connectivity index (χ4v) is 4.29. The number of carbonyl (C=O) groups is 1. The molecule has 4 heteroatoms. The Balaban J connectivity index is 1.94. The fraction of sp³-hybridized carbons (Fsp3) is 0.941. The molecule has 2 saturated carbocycles. The summed E-state index contributed by atoms with van der Waals surface area (Å²) in [6.45, 7) is 12.5. The van der Waals surface area contributed by atoms with Crippen molar-refractivity contribution in [1.82, 2.24) is 5.32 Å². The topological polar surface area (TPSA) is 47.6 Å². The Bertz CT molecular complexity index is 382. The van der Waals surface area contributed by atoms with E-state index in [2.05, 4.69) is 26.1 Å². The first-order chi connectivity index (χ1) is 9.86. The van der Waals surface area contributed by atoms with Crippen molar-refractivity contribution in [3.63, 3.8) is 0 Å². The molecule has 0 aromatic heterocycles. The van der Waals surface area contributed by atoms with Gasteiger partial charge in [0.2, 0.25) is 0 Å². The van der Waals surface area contributed by atoms with Crippen LogP contribution in [0, 0.1) is 16.7 Å². The lowest BCUT2D eigenvalue weighted by atomic mass is 9.70. The monoisotopic (exact) mass is 297 g/mol. The van der Waals surface area contributed by atoms with Crippen molar-refractivity contribution in [2.75, 3.05) is 19.8 Å². The van der Waals surface area contributed by atoms with E-state index in [0.717, 1.165) is 18.9 Å². The van der Waals surface area contributed by atoms with E-state index < -0.39 is 0 Å². The quantitative estimate of drug-likeness (QED) is 0.734. The molecule has 2 rings (SSSR count). The maximum Gasteiger partial charge on any atom is 0.325 e. The molecule has 0 amide bonds. The number of likely N-dealkylation sites (N-methyl/N-ethyl adjacent to an activating group) is 1. The van der Waals surface area contributed by atoms with E-state index in [4.69, 9.17) is 9.47 Å². The van der Waals surface area contributed by atoms with Crippen LogP contribution in [-0.2, 0) is 14.3 Å². The predicted octanol–water partition coefficient (Wildman–Crippen LogP) is 2.76. The first kappa shape index (κ1) is 16.8. The highest BCUT2D eigenvalue weighted by molar-refractivity contribution is 5.75. The molecular weight excluding hydrogens is 266 g/mol. The highest BCUT2D eigenvalue weighted by Gasteiger charge is 2.61. The zero-order valence-corrected chi connectivity index (χ0v) is 14.2. The minimum Gasteiger partial charge on any atom is -0.465 e. The van der Waals surface area contributed by atoms with Crippen molar-refractivity contribution in [3.8, 4) is 0 Å². The summed E-state index contributed by atoms with van der Waals surface area (Å²) in [4.78, 5) is 11.9. The molecule has 2 aliphatic carbocycles. The highest BCUT2D eigenvalue weighted by Crippen LogP contribution is 2.66. The summed E-state index contributed by atoms with van der Waals surface area (Å²) < 4.78 is 11.3. The molecule has 2 bridgehead atoms. The van der Waals surface area contributed by atoms with Crippen LogP contribution in [0.25, 0.3) is 0 Å². The standard InChI is InChI=1S/C17H31NO3/c1-6-18-13(15(19)20-7-2)11-21-14-10-12-8-9-17(14,5)16(12,3)4/h12-14,18H,6-11H2,1-5H3. The van der Waals surface area contributed by atoms with Crippen LogP contribution in [0.5, 0.6) is 0 Å². The number of ether oxygens (including phenoxy) is 2. The molecule has 2 fully saturated rings. The van der Waals surface area contributed by atoms with Gasteiger partial charge in [0.05, 0.1) is 19.3 Å². The van der Waals surface area contributed by atoms with Gasteiger partial charge in [-0.3, -0.25) is 4.79 Å². The second-order valence-corrected chi connectivity index (χ2v) is 7.29. The van der Waals surface area contributed by atoms with E-state index in [1.165, 1.54) is 12.8 Å². The van der Waals surface area contributed by atoms with Gasteiger partial charge in [0.15, 0.2) is 0 Å². The number of carbonyl (C=O) groups excluding carboxylic acids is 1. The maximum atomic E-state index is 11.9. The van der Waals surface area contributed by atoms with Crippen LogP contribution in [0.1, 0.15) is 53.9 Å². The minimum absolute atomic E-state index is 0.202. The van der Waals surface area contributed by atoms with E-state index in [1.54, 1.807) is 0 Å². The molecule has 0 aromatic rings. The molecule has 4 unspecified atom stereocenters. The van der Waals surface area contributed by atoms with E-state index in [-0.39, 0.29) is 23.5 Å². The molecule has 0 aromatic carbocycles. The molecule has 0 saturated heterocycles.